The summed E-state index contributed by atoms with van der Waals surface area (Å²) in [4.78, 5) is 36.1. The van der Waals surface area contributed by atoms with Crippen molar-refractivity contribution in [1.82, 2.24) is 5.01 Å². The van der Waals surface area contributed by atoms with Crippen molar-refractivity contribution in [2.75, 3.05) is 0 Å². The van der Waals surface area contributed by atoms with Crippen LogP contribution in [0.5, 0.6) is 0 Å². The van der Waals surface area contributed by atoms with E-state index in [4.69, 9.17) is 0 Å². The van der Waals surface area contributed by atoms with Gasteiger partial charge in [0.15, 0.2) is 0 Å². The Bertz CT molecular complexity index is 1110. The van der Waals surface area contributed by atoms with Crippen LogP contribution in [0.25, 0.3) is 10.8 Å². The molecule has 0 spiro atoms. The summed E-state index contributed by atoms with van der Waals surface area (Å²) in [6.07, 6.45) is 1.40. The number of hydrogen-bond donors (Lipinski definition) is 0. The van der Waals surface area contributed by atoms with Crippen LogP contribution in [0.3, 0.4) is 0 Å². The molecule has 7 nitrogen and oxygen atoms in total. The molecule has 1 heterocycles. The third kappa shape index (κ3) is 2.42. The van der Waals surface area contributed by atoms with Crippen molar-refractivity contribution in [2.45, 2.75) is 0 Å². The molecule has 26 heavy (non-hydrogen) atoms. The molecule has 1 aliphatic heterocycles. The molecule has 126 valence electrons. The molecule has 0 saturated heterocycles. The highest BCUT2D eigenvalue weighted by Crippen LogP contribution is 2.33. The minimum Gasteiger partial charge on any atom is -0.267 e. The molecule has 7 heteroatoms. The van der Waals surface area contributed by atoms with Crippen molar-refractivity contribution in [3.8, 4) is 0 Å². The third-order valence-electron chi connectivity index (χ3n) is 4.14. The average Bonchev–Trinajstić information content (AvgIpc) is 2.66. The number of imide groups is 1. The third-order valence-corrected chi connectivity index (χ3v) is 4.14. The van der Waals surface area contributed by atoms with E-state index < -0.39 is 16.7 Å². The Kier molecular flexibility index (Phi) is 3.54. The summed E-state index contributed by atoms with van der Waals surface area (Å²) < 4.78 is 0. The number of amides is 2. The monoisotopic (exact) mass is 345 g/mol. The number of nitrogens with zero attached hydrogens (tertiary/aromatic N) is 3. The van der Waals surface area contributed by atoms with Gasteiger partial charge in [0, 0.05) is 17.5 Å². The number of carbonyl (C=O) groups excluding carboxylic acids is 2. The second-order valence-corrected chi connectivity index (χ2v) is 5.73. The van der Waals surface area contributed by atoms with Crippen LogP contribution >= 0.6 is 0 Å². The van der Waals surface area contributed by atoms with Gasteiger partial charge in [-0.2, -0.15) is 10.1 Å². The first kappa shape index (κ1) is 15.6. The molecule has 0 saturated carbocycles. The highest BCUT2D eigenvalue weighted by Gasteiger charge is 2.34. The van der Waals surface area contributed by atoms with Crippen LogP contribution in [-0.2, 0) is 0 Å². The average molecular weight is 345 g/mol. The molecule has 0 N–H and O–H groups in total. The summed E-state index contributed by atoms with van der Waals surface area (Å²) in [6, 6.07) is 16.4. The fraction of sp³-hybridized carbons (Fsp3) is 0. The summed E-state index contributed by atoms with van der Waals surface area (Å²) in [5.41, 5.74) is 0.891. The predicted molar refractivity (Wildman–Crippen MR) is 95.1 cm³/mol. The standard InChI is InChI=1S/C19H11N3O4/c23-18-15-8-4-7-13-9-14(22(25)26)10-16(17(13)15)19(24)21(18)20-11-12-5-2-1-3-6-12/h1-11H. The van der Waals surface area contributed by atoms with E-state index in [1.807, 2.05) is 6.07 Å². The van der Waals surface area contributed by atoms with Crippen LogP contribution in [-0.4, -0.2) is 28.0 Å². The highest BCUT2D eigenvalue weighted by atomic mass is 16.6. The Morgan fingerprint density at radius 2 is 1.65 bits per heavy atom. The van der Waals surface area contributed by atoms with Crippen molar-refractivity contribution in [1.29, 1.82) is 0 Å². The van der Waals surface area contributed by atoms with Crippen molar-refractivity contribution < 1.29 is 14.5 Å². The van der Waals surface area contributed by atoms with Gasteiger partial charge in [0.1, 0.15) is 0 Å². The first-order valence-electron chi connectivity index (χ1n) is 7.75. The summed E-state index contributed by atoms with van der Waals surface area (Å²) in [6.45, 7) is 0. The lowest BCUT2D eigenvalue weighted by Gasteiger charge is -2.22. The molecular weight excluding hydrogens is 334 g/mol. The number of carbonyl (C=O) groups is 2. The zero-order valence-corrected chi connectivity index (χ0v) is 13.3. The van der Waals surface area contributed by atoms with E-state index in [2.05, 4.69) is 5.10 Å². The number of non-ortho nitro benzene ring substituents is 1. The van der Waals surface area contributed by atoms with Gasteiger partial charge in [-0.25, -0.2) is 0 Å². The number of nitro benzene ring substituents is 1. The summed E-state index contributed by atoms with van der Waals surface area (Å²) in [5.74, 6) is -1.25. The number of benzene rings is 3. The maximum absolute atomic E-state index is 12.8. The normalized spacial score (nSPS) is 13.6. The second-order valence-electron chi connectivity index (χ2n) is 5.73. The van der Waals surface area contributed by atoms with E-state index in [0.717, 1.165) is 10.6 Å². The number of nitro groups is 1. The van der Waals surface area contributed by atoms with E-state index in [-0.39, 0.29) is 16.8 Å². The van der Waals surface area contributed by atoms with Crippen LogP contribution in [0.1, 0.15) is 26.3 Å². The first-order chi connectivity index (χ1) is 12.6. The second kappa shape index (κ2) is 5.89. The van der Waals surface area contributed by atoms with Crippen molar-refractivity contribution >= 4 is 34.5 Å². The lowest BCUT2D eigenvalue weighted by Crippen LogP contribution is -2.36. The molecule has 0 unspecified atom stereocenters. The number of hydrazone groups is 1. The van der Waals surface area contributed by atoms with Crippen LogP contribution in [0, 0.1) is 10.1 Å². The van der Waals surface area contributed by atoms with Crippen LogP contribution in [0.15, 0.2) is 65.8 Å². The largest absolute Gasteiger partial charge is 0.282 e. The van der Waals surface area contributed by atoms with Crippen LogP contribution in [0.4, 0.5) is 5.69 Å². The summed E-state index contributed by atoms with van der Waals surface area (Å²) in [7, 11) is 0. The van der Waals surface area contributed by atoms with Gasteiger partial charge in [0.25, 0.3) is 17.5 Å². The number of hydrogen-bond acceptors (Lipinski definition) is 5. The van der Waals surface area contributed by atoms with Gasteiger partial charge < -0.3 is 0 Å². The smallest absolute Gasteiger partial charge is 0.267 e. The van der Waals surface area contributed by atoms with Gasteiger partial charge in [-0.1, -0.05) is 42.5 Å². The van der Waals surface area contributed by atoms with E-state index in [0.29, 0.717) is 10.8 Å². The SMILES string of the molecule is O=C1c2cccc3cc([N+](=O)[O-])cc(c23)C(=O)N1N=Cc1ccccc1. The first-order valence-corrected chi connectivity index (χ1v) is 7.75. The minimum absolute atomic E-state index is 0.0922. The Balaban J connectivity index is 1.86. The van der Waals surface area contributed by atoms with Gasteiger partial charge in [-0.05, 0) is 17.0 Å². The molecule has 0 aliphatic carbocycles. The minimum atomic E-state index is -0.686. The molecule has 3 aromatic carbocycles. The number of rotatable bonds is 3. The summed E-state index contributed by atoms with van der Waals surface area (Å²) in [5, 5.41) is 16.8. The van der Waals surface area contributed by atoms with E-state index in [9.17, 15) is 19.7 Å². The summed E-state index contributed by atoms with van der Waals surface area (Å²) >= 11 is 0. The zero-order chi connectivity index (χ0) is 18.3. The Morgan fingerprint density at radius 1 is 0.923 bits per heavy atom. The van der Waals surface area contributed by atoms with Gasteiger partial charge in [-0.15, -0.1) is 0 Å². The molecule has 3 aromatic rings. The van der Waals surface area contributed by atoms with Gasteiger partial charge in [0.05, 0.1) is 22.3 Å². The highest BCUT2D eigenvalue weighted by molar-refractivity contribution is 6.25. The van der Waals surface area contributed by atoms with E-state index in [1.165, 1.54) is 18.3 Å². The van der Waals surface area contributed by atoms with Crippen molar-refractivity contribution in [3.63, 3.8) is 0 Å². The molecule has 2 amide bonds. The maximum atomic E-state index is 12.8. The molecule has 0 aromatic heterocycles. The van der Waals surface area contributed by atoms with Gasteiger partial charge >= 0.3 is 0 Å². The van der Waals surface area contributed by atoms with Crippen LogP contribution in [0.2, 0.25) is 0 Å². The fourth-order valence-electron chi connectivity index (χ4n) is 2.95. The molecule has 4 rings (SSSR count). The van der Waals surface area contributed by atoms with E-state index >= 15 is 0 Å². The zero-order valence-electron chi connectivity index (χ0n) is 13.3. The topological polar surface area (TPSA) is 92.9 Å². The predicted octanol–water partition coefficient (Wildman–Crippen LogP) is 3.38. The molecule has 0 bridgehead atoms. The Hall–Kier alpha value is -3.87. The molecule has 0 atom stereocenters. The molecule has 1 aliphatic rings. The quantitative estimate of drug-likeness (QED) is 0.315. The fourth-order valence-corrected chi connectivity index (χ4v) is 2.95. The van der Waals surface area contributed by atoms with Crippen molar-refractivity contribution in [2.24, 2.45) is 5.10 Å². The van der Waals surface area contributed by atoms with Gasteiger partial charge in [-0.3, -0.25) is 19.7 Å². The molecule has 0 fully saturated rings. The Labute approximate surface area is 147 Å². The molecular formula is C19H11N3O4. The van der Waals surface area contributed by atoms with Crippen LogP contribution < -0.4 is 0 Å². The Morgan fingerprint density at radius 3 is 2.38 bits per heavy atom. The van der Waals surface area contributed by atoms with Crippen molar-refractivity contribution in [3.05, 3.63) is 87.5 Å². The maximum Gasteiger partial charge on any atom is 0.282 e. The lowest BCUT2D eigenvalue weighted by atomic mass is 9.94. The molecule has 0 radical (unpaired) electrons. The van der Waals surface area contributed by atoms with Gasteiger partial charge in [0.2, 0.25) is 0 Å². The van der Waals surface area contributed by atoms with E-state index in [1.54, 1.807) is 42.5 Å². The lowest BCUT2D eigenvalue weighted by molar-refractivity contribution is -0.384.